The van der Waals surface area contributed by atoms with Crippen molar-refractivity contribution in [3.63, 3.8) is 0 Å². The van der Waals surface area contributed by atoms with Gasteiger partial charge < -0.3 is 24.5 Å². The molecular weight excluding hydrogens is 372 g/mol. The van der Waals surface area contributed by atoms with E-state index in [0.29, 0.717) is 37.1 Å². The van der Waals surface area contributed by atoms with Gasteiger partial charge in [-0.05, 0) is 54.1 Å². The summed E-state index contributed by atoms with van der Waals surface area (Å²) in [5, 5.41) is 3.81. The molecule has 29 heavy (non-hydrogen) atoms. The molecule has 0 aliphatic carbocycles. The minimum absolute atomic E-state index is 0.0513. The van der Waals surface area contributed by atoms with E-state index in [1.807, 2.05) is 36.4 Å². The maximum Gasteiger partial charge on any atom is 0.251 e. The molecule has 2 N–H and O–H groups in total. The van der Waals surface area contributed by atoms with Gasteiger partial charge in [0.2, 0.25) is 12.7 Å². The second kappa shape index (κ2) is 8.26. The lowest BCUT2D eigenvalue weighted by molar-refractivity contribution is -0.121. The number of nitrogens with one attached hydrogen (secondary N) is 2. The monoisotopic (exact) mass is 394 g/mol. The number of benzene rings is 2. The standard InChI is InChI=1S/C22H22N2O5/c1-27-17-5-4-15-11-16(22(26)24-18(15)12-17)8-9-23-21(25)7-3-14-2-6-19-20(10-14)29-13-28-19/h2,4-6,10-12H,3,7-9,13H2,1H3,(H,23,25)(H,24,26). The van der Waals surface area contributed by atoms with Gasteiger partial charge in [0, 0.05) is 24.6 Å². The summed E-state index contributed by atoms with van der Waals surface area (Å²) in [4.78, 5) is 27.3. The molecule has 0 bridgehead atoms. The van der Waals surface area contributed by atoms with Gasteiger partial charge in [-0.25, -0.2) is 0 Å². The highest BCUT2D eigenvalue weighted by Gasteiger charge is 2.13. The predicted octanol–water partition coefficient (Wildman–Crippen LogP) is 2.56. The summed E-state index contributed by atoms with van der Waals surface area (Å²) in [6.45, 7) is 0.644. The van der Waals surface area contributed by atoms with Crippen molar-refractivity contribution >= 4 is 16.8 Å². The average Bonchev–Trinajstić information content (AvgIpc) is 3.20. The molecule has 7 heteroatoms. The number of H-pyrrole nitrogens is 1. The van der Waals surface area contributed by atoms with Crippen molar-refractivity contribution in [2.45, 2.75) is 19.3 Å². The van der Waals surface area contributed by atoms with Crippen LogP contribution < -0.4 is 25.1 Å². The zero-order valence-electron chi connectivity index (χ0n) is 16.1. The highest BCUT2D eigenvalue weighted by atomic mass is 16.7. The number of carbonyl (C=O) groups excluding carboxylic acids is 1. The molecule has 0 atom stereocenters. The van der Waals surface area contributed by atoms with Crippen LogP contribution in [-0.4, -0.2) is 31.3 Å². The number of amides is 1. The normalized spacial score (nSPS) is 12.2. The Kier molecular flexibility index (Phi) is 5.37. The Bertz CT molecular complexity index is 1110. The Morgan fingerprint density at radius 2 is 1.97 bits per heavy atom. The van der Waals surface area contributed by atoms with E-state index in [0.717, 1.165) is 28.0 Å². The summed E-state index contributed by atoms with van der Waals surface area (Å²) in [5.74, 6) is 2.09. The van der Waals surface area contributed by atoms with E-state index in [2.05, 4.69) is 10.3 Å². The number of aryl methyl sites for hydroxylation is 1. The first-order valence-corrected chi connectivity index (χ1v) is 9.47. The fraction of sp³-hybridized carbons (Fsp3) is 0.273. The van der Waals surface area contributed by atoms with Gasteiger partial charge >= 0.3 is 0 Å². The summed E-state index contributed by atoms with van der Waals surface area (Å²) < 4.78 is 15.8. The number of carbonyl (C=O) groups is 1. The van der Waals surface area contributed by atoms with Crippen LogP contribution in [0.3, 0.4) is 0 Å². The summed E-state index contributed by atoms with van der Waals surface area (Å²) >= 11 is 0. The van der Waals surface area contributed by atoms with Gasteiger partial charge in [0.25, 0.3) is 5.56 Å². The van der Waals surface area contributed by atoms with Gasteiger partial charge in [-0.3, -0.25) is 9.59 Å². The number of rotatable bonds is 7. The molecule has 7 nitrogen and oxygen atoms in total. The third kappa shape index (κ3) is 4.34. The Hall–Kier alpha value is -3.48. The molecule has 1 aromatic heterocycles. The molecule has 0 saturated heterocycles. The minimum Gasteiger partial charge on any atom is -0.497 e. The number of ether oxygens (including phenoxy) is 3. The van der Waals surface area contributed by atoms with Crippen molar-refractivity contribution < 1.29 is 19.0 Å². The molecule has 1 aliphatic rings. The Balaban J connectivity index is 1.30. The van der Waals surface area contributed by atoms with Gasteiger partial charge in [0.05, 0.1) is 12.6 Å². The molecule has 0 saturated carbocycles. The lowest BCUT2D eigenvalue weighted by atomic mass is 10.1. The first kappa shape index (κ1) is 18.9. The number of fused-ring (bicyclic) bond motifs is 2. The SMILES string of the molecule is COc1ccc2cc(CCNC(=O)CCc3ccc4c(c3)OCO4)c(=O)[nH]c2c1. The molecule has 2 heterocycles. The smallest absolute Gasteiger partial charge is 0.251 e. The van der Waals surface area contributed by atoms with Crippen LogP contribution in [-0.2, 0) is 17.6 Å². The van der Waals surface area contributed by atoms with Crippen molar-refractivity contribution in [2.75, 3.05) is 20.4 Å². The minimum atomic E-state index is -0.152. The fourth-order valence-corrected chi connectivity index (χ4v) is 3.32. The van der Waals surface area contributed by atoms with Crippen molar-refractivity contribution in [3.8, 4) is 17.2 Å². The summed E-state index contributed by atoms with van der Waals surface area (Å²) in [6, 6.07) is 13.1. The number of methoxy groups -OCH3 is 1. The van der Waals surface area contributed by atoms with E-state index in [1.165, 1.54) is 0 Å². The molecule has 4 rings (SSSR count). The van der Waals surface area contributed by atoms with Crippen LogP contribution in [0.2, 0.25) is 0 Å². The van der Waals surface area contributed by atoms with Crippen molar-refractivity contribution in [1.29, 1.82) is 0 Å². The number of hydrogen-bond donors (Lipinski definition) is 2. The third-order valence-corrected chi connectivity index (χ3v) is 4.92. The molecule has 1 aliphatic heterocycles. The Morgan fingerprint density at radius 1 is 1.10 bits per heavy atom. The molecule has 2 aromatic carbocycles. The maximum atomic E-state index is 12.3. The second-order valence-corrected chi connectivity index (χ2v) is 6.86. The molecule has 0 spiro atoms. The number of pyridine rings is 1. The topological polar surface area (TPSA) is 89.7 Å². The fourth-order valence-electron chi connectivity index (χ4n) is 3.32. The number of aromatic amines is 1. The van der Waals surface area contributed by atoms with Crippen molar-refractivity contribution in [2.24, 2.45) is 0 Å². The van der Waals surface area contributed by atoms with Crippen molar-refractivity contribution in [1.82, 2.24) is 10.3 Å². The molecule has 0 unspecified atom stereocenters. The van der Waals surface area contributed by atoms with Crippen LogP contribution in [0.1, 0.15) is 17.5 Å². The zero-order chi connectivity index (χ0) is 20.2. The third-order valence-electron chi connectivity index (χ3n) is 4.92. The molecular formula is C22H22N2O5. The summed E-state index contributed by atoms with van der Waals surface area (Å²) in [7, 11) is 1.59. The molecule has 1 amide bonds. The lowest BCUT2D eigenvalue weighted by Crippen LogP contribution is -2.27. The largest absolute Gasteiger partial charge is 0.497 e. The Morgan fingerprint density at radius 3 is 2.83 bits per heavy atom. The predicted molar refractivity (Wildman–Crippen MR) is 109 cm³/mol. The molecule has 0 radical (unpaired) electrons. The van der Waals surface area contributed by atoms with E-state index in [1.54, 1.807) is 13.2 Å². The van der Waals surface area contributed by atoms with E-state index in [-0.39, 0.29) is 18.3 Å². The number of hydrogen-bond acceptors (Lipinski definition) is 5. The quantitative estimate of drug-likeness (QED) is 0.643. The first-order chi connectivity index (χ1) is 14.1. The molecule has 0 fully saturated rings. The van der Waals surface area contributed by atoms with E-state index in [4.69, 9.17) is 14.2 Å². The molecule has 3 aromatic rings. The first-order valence-electron chi connectivity index (χ1n) is 9.47. The van der Waals surface area contributed by atoms with Crippen LogP contribution in [0.5, 0.6) is 17.2 Å². The van der Waals surface area contributed by atoms with Crippen LogP contribution in [0.25, 0.3) is 10.9 Å². The summed E-state index contributed by atoms with van der Waals surface area (Å²) in [5.41, 5.74) is 2.23. The number of aromatic nitrogens is 1. The van der Waals surface area contributed by atoms with Crippen LogP contribution in [0, 0.1) is 0 Å². The van der Waals surface area contributed by atoms with E-state index < -0.39 is 0 Å². The van der Waals surface area contributed by atoms with Crippen LogP contribution in [0.15, 0.2) is 47.3 Å². The van der Waals surface area contributed by atoms with Gasteiger partial charge in [0.1, 0.15) is 5.75 Å². The van der Waals surface area contributed by atoms with Crippen LogP contribution in [0.4, 0.5) is 0 Å². The lowest BCUT2D eigenvalue weighted by Gasteiger charge is -2.07. The molecule has 150 valence electrons. The Labute approximate surface area is 167 Å². The van der Waals surface area contributed by atoms with Gasteiger partial charge in [-0.15, -0.1) is 0 Å². The summed E-state index contributed by atoms with van der Waals surface area (Å²) in [6.07, 6.45) is 1.45. The maximum absolute atomic E-state index is 12.3. The average molecular weight is 394 g/mol. The highest BCUT2D eigenvalue weighted by molar-refractivity contribution is 5.80. The van der Waals surface area contributed by atoms with Gasteiger partial charge in [0.15, 0.2) is 11.5 Å². The van der Waals surface area contributed by atoms with Crippen molar-refractivity contribution in [3.05, 3.63) is 63.9 Å². The van der Waals surface area contributed by atoms with E-state index in [9.17, 15) is 9.59 Å². The highest BCUT2D eigenvalue weighted by Crippen LogP contribution is 2.32. The van der Waals surface area contributed by atoms with Crippen LogP contribution >= 0.6 is 0 Å². The zero-order valence-corrected chi connectivity index (χ0v) is 16.1. The van der Waals surface area contributed by atoms with Gasteiger partial charge in [-0.1, -0.05) is 6.07 Å². The van der Waals surface area contributed by atoms with Gasteiger partial charge in [-0.2, -0.15) is 0 Å². The van der Waals surface area contributed by atoms with E-state index >= 15 is 0 Å². The second-order valence-electron chi connectivity index (χ2n) is 6.86.